The van der Waals surface area contributed by atoms with E-state index in [4.69, 9.17) is 0 Å². The standard InChI is InChI=1S/C24H20O/c1-17-16-22(18-10-4-2-5-11-18)23(21-15-9-8-14-20(17)21)24(25)19-12-6-3-7-13-19/h2-16,22-23H,1H3/t22-,23+/m1/s1. The normalized spacial score (nSPS) is 19.0. The minimum Gasteiger partial charge on any atom is -0.293 e. The summed E-state index contributed by atoms with van der Waals surface area (Å²) >= 11 is 0. The average molecular weight is 324 g/mol. The van der Waals surface area contributed by atoms with Gasteiger partial charge in [-0.15, -0.1) is 0 Å². The van der Waals surface area contributed by atoms with Crippen LogP contribution in [0.3, 0.4) is 0 Å². The second kappa shape index (κ2) is 6.52. The molecule has 0 saturated carbocycles. The van der Waals surface area contributed by atoms with Gasteiger partial charge >= 0.3 is 0 Å². The first-order chi connectivity index (χ1) is 12.3. The maximum Gasteiger partial charge on any atom is 0.171 e. The number of benzene rings is 3. The predicted octanol–water partition coefficient (Wildman–Crippen LogP) is 5.85. The lowest BCUT2D eigenvalue weighted by atomic mass is 9.71. The van der Waals surface area contributed by atoms with E-state index < -0.39 is 0 Å². The highest BCUT2D eigenvalue weighted by atomic mass is 16.1. The Bertz CT molecular complexity index is 923. The Balaban J connectivity index is 1.88. The molecule has 4 rings (SSSR count). The predicted molar refractivity (Wildman–Crippen MR) is 103 cm³/mol. The van der Waals surface area contributed by atoms with Gasteiger partial charge in [-0.1, -0.05) is 91.0 Å². The van der Waals surface area contributed by atoms with Gasteiger partial charge < -0.3 is 0 Å². The molecule has 3 aromatic carbocycles. The number of ketones is 1. The summed E-state index contributed by atoms with van der Waals surface area (Å²) in [6, 6.07) is 28.3. The topological polar surface area (TPSA) is 17.1 Å². The lowest BCUT2D eigenvalue weighted by Gasteiger charge is -2.31. The van der Waals surface area contributed by atoms with Crippen LogP contribution < -0.4 is 0 Å². The quantitative estimate of drug-likeness (QED) is 0.552. The van der Waals surface area contributed by atoms with Crippen molar-refractivity contribution in [1.82, 2.24) is 0 Å². The summed E-state index contributed by atoms with van der Waals surface area (Å²) in [7, 11) is 0. The highest BCUT2D eigenvalue weighted by molar-refractivity contribution is 6.03. The van der Waals surface area contributed by atoms with Crippen LogP contribution in [0.1, 0.15) is 45.8 Å². The Morgan fingerprint density at radius 1 is 0.760 bits per heavy atom. The molecule has 0 fully saturated rings. The Labute approximate surface area is 148 Å². The fourth-order valence-electron chi connectivity index (χ4n) is 3.83. The molecule has 0 bridgehead atoms. The number of Topliss-reactive ketones (excluding diaryl/α,β-unsaturated/α-hetero) is 1. The molecule has 0 radical (unpaired) electrons. The molecule has 0 saturated heterocycles. The van der Waals surface area contributed by atoms with E-state index in [1.807, 2.05) is 60.7 Å². The van der Waals surface area contributed by atoms with E-state index in [9.17, 15) is 4.79 Å². The molecule has 1 aliphatic rings. The van der Waals surface area contributed by atoms with E-state index >= 15 is 0 Å². The van der Waals surface area contributed by atoms with Gasteiger partial charge in [0.2, 0.25) is 0 Å². The number of rotatable bonds is 3. The highest BCUT2D eigenvalue weighted by Gasteiger charge is 2.35. The van der Waals surface area contributed by atoms with Gasteiger partial charge in [-0.25, -0.2) is 0 Å². The van der Waals surface area contributed by atoms with Gasteiger partial charge in [0.25, 0.3) is 0 Å². The minimum absolute atomic E-state index is 0.0591. The van der Waals surface area contributed by atoms with Gasteiger partial charge in [-0.3, -0.25) is 4.79 Å². The monoisotopic (exact) mass is 324 g/mol. The Morgan fingerprint density at radius 2 is 1.36 bits per heavy atom. The van der Waals surface area contributed by atoms with Crippen LogP contribution in [0, 0.1) is 0 Å². The van der Waals surface area contributed by atoms with Crippen LogP contribution in [-0.4, -0.2) is 5.78 Å². The molecule has 0 amide bonds. The van der Waals surface area contributed by atoms with Crippen LogP contribution in [0.2, 0.25) is 0 Å². The van der Waals surface area contributed by atoms with Crippen molar-refractivity contribution in [1.29, 1.82) is 0 Å². The zero-order chi connectivity index (χ0) is 17.2. The van der Waals surface area contributed by atoms with Crippen LogP contribution in [0.5, 0.6) is 0 Å². The largest absolute Gasteiger partial charge is 0.293 e. The molecule has 1 heteroatoms. The maximum atomic E-state index is 13.4. The molecule has 2 atom stereocenters. The van der Waals surface area contributed by atoms with Crippen molar-refractivity contribution in [3.05, 3.63) is 113 Å². The number of hydrogen-bond donors (Lipinski definition) is 0. The molecule has 1 nitrogen and oxygen atoms in total. The van der Waals surface area contributed by atoms with Crippen molar-refractivity contribution in [3.8, 4) is 0 Å². The molecule has 1 aliphatic carbocycles. The number of carbonyl (C=O) groups is 1. The molecule has 0 aliphatic heterocycles. The van der Waals surface area contributed by atoms with Gasteiger partial charge in [0.1, 0.15) is 0 Å². The van der Waals surface area contributed by atoms with Gasteiger partial charge in [0, 0.05) is 11.5 Å². The number of allylic oxidation sites excluding steroid dienone is 2. The summed E-state index contributed by atoms with van der Waals surface area (Å²) < 4.78 is 0. The van der Waals surface area contributed by atoms with Gasteiger partial charge in [0.15, 0.2) is 5.78 Å². The summed E-state index contributed by atoms with van der Waals surface area (Å²) in [6.45, 7) is 2.14. The summed E-state index contributed by atoms with van der Waals surface area (Å²) in [6.07, 6.45) is 2.25. The van der Waals surface area contributed by atoms with Crippen molar-refractivity contribution >= 4 is 11.4 Å². The minimum atomic E-state index is -0.190. The van der Waals surface area contributed by atoms with E-state index in [-0.39, 0.29) is 17.6 Å². The summed E-state index contributed by atoms with van der Waals surface area (Å²) in [5.74, 6) is 0.0548. The lowest BCUT2D eigenvalue weighted by Crippen LogP contribution is -2.23. The second-order valence-electron chi connectivity index (χ2n) is 6.58. The van der Waals surface area contributed by atoms with Gasteiger partial charge in [-0.05, 0) is 29.2 Å². The molecule has 122 valence electrons. The molecule has 0 heterocycles. The second-order valence-corrected chi connectivity index (χ2v) is 6.58. The van der Waals surface area contributed by atoms with E-state index in [0.29, 0.717) is 0 Å². The molecule has 25 heavy (non-hydrogen) atoms. The van der Waals surface area contributed by atoms with Crippen molar-refractivity contribution < 1.29 is 4.79 Å². The molecular weight excluding hydrogens is 304 g/mol. The molecule has 3 aromatic rings. The molecule has 0 unspecified atom stereocenters. The first kappa shape index (κ1) is 15.6. The average Bonchev–Trinajstić information content (AvgIpc) is 2.69. The fraction of sp³-hybridized carbons (Fsp3) is 0.125. The zero-order valence-electron chi connectivity index (χ0n) is 14.2. The molecular formula is C24H20O. The van der Waals surface area contributed by atoms with Crippen LogP contribution in [0.15, 0.2) is 91.0 Å². The van der Waals surface area contributed by atoms with Crippen LogP contribution in [0.4, 0.5) is 0 Å². The Kier molecular flexibility index (Phi) is 4.07. The third-order valence-corrected chi connectivity index (χ3v) is 5.03. The summed E-state index contributed by atoms with van der Waals surface area (Å²) in [5, 5.41) is 0. The van der Waals surface area contributed by atoms with E-state index in [0.717, 1.165) is 11.1 Å². The molecule has 0 aromatic heterocycles. The smallest absolute Gasteiger partial charge is 0.171 e. The van der Waals surface area contributed by atoms with Crippen LogP contribution in [-0.2, 0) is 0 Å². The lowest BCUT2D eigenvalue weighted by molar-refractivity contribution is 0.0952. The number of carbonyl (C=O) groups excluding carboxylic acids is 1. The van der Waals surface area contributed by atoms with Crippen LogP contribution >= 0.6 is 0 Å². The van der Waals surface area contributed by atoms with Crippen molar-refractivity contribution in [2.45, 2.75) is 18.8 Å². The van der Waals surface area contributed by atoms with Crippen molar-refractivity contribution in [2.24, 2.45) is 0 Å². The van der Waals surface area contributed by atoms with E-state index in [1.54, 1.807) is 0 Å². The summed E-state index contributed by atoms with van der Waals surface area (Å²) in [4.78, 5) is 13.4. The Morgan fingerprint density at radius 3 is 2.08 bits per heavy atom. The maximum absolute atomic E-state index is 13.4. The van der Waals surface area contributed by atoms with E-state index in [2.05, 4.69) is 37.3 Å². The molecule has 0 N–H and O–H groups in total. The first-order valence-corrected chi connectivity index (χ1v) is 8.67. The summed E-state index contributed by atoms with van der Waals surface area (Å²) in [5.41, 5.74) is 5.51. The van der Waals surface area contributed by atoms with Gasteiger partial charge in [0.05, 0.1) is 5.92 Å². The van der Waals surface area contributed by atoms with Crippen LogP contribution in [0.25, 0.3) is 5.57 Å². The highest BCUT2D eigenvalue weighted by Crippen LogP contribution is 2.44. The number of hydrogen-bond acceptors (Lipinski definition) is 1. The van der Waals surface area contributed by atoms with Gasteiger partial charge in [-0.2, -0.15) is 0 Å². The zero-order valence-corrected chi connectivity index (χ0v) is 14.2. The van der Waals surface area contributed by atoms with Crippen molar-refractivity contribution in [2.75, 3.05) is 0 Å². The SMILES string of the molecule is CC1=C[C@H](c2ccccc2)[C@@H](C(=O)c2ccccc2)c2ccccc21. The Hall–Kier alpha value is -2.93. The fourth-order valence-corrected chi connectivity index (χ4v) is 3.83. The third-order valence-electron chi connectivity index (χ3n) is 5.03. The first-order valence-electron chi connectivity index (χ1n) is 8.67. The van der Waals surface area contributed by atoms with Crippen molar-refractivity contribution in [3.63, 3.8) is 0 Å². The van der Waals surface area contributed by atoms with E-state index in [1.165, 1.54) is 16.7 Å². The third kappa shape index (κ3) is 2.83. The molecule has 0 spiro atoms. The number of fused-ring (bicyclic) bond motifs is 1.